The number of hydrogen-bond acceptors (Lipinski definition) is 2. The fourth-order valence-electron chi connectivity index (χ4n) is 1.12. The van der Waals surface area contributed by atoms with Gasteiger partial charge in [-0.2, -0.15) is 0 Å². The monoisotopic (exact) mass is 178 g/mol. The number of aromatic nitrogens is 1. The molecule has 1 aromatic rings. The summed E-state index contributed by atoms with van der Waals surface area (Å²) < 4.78 is 0. The first-order valence-corrected chi connectivity index (χ1v) is 4.94. The molecule has 2 nitrogen and oxygen atoms in total. The zero-order valence-corrected chi connectivity index (χ0v) is 8.67. The van der Waals surface area contributed by atoms with Crippen molar-refractivity contribution < 1.29 is 0 Å². The van der Waals surface area contributed by atoms with Gasteiger partial charge in [0.2, 0.25) is 0 Å². The molecule has 0 bridgehead atoms. The van der Waals surface area contributed by atoms with Crippen molar-refractivity contribution in [2.24, 2.45) is 0 Å². The van der Waals surface area contributed by atoms with Gasteiger partial charge in [-0.25, -0.2) is 0 Å². The predicted molar refractivity (Wildman–Crippen MR) is 57.1 cm³/mol. The molecular formula is C11H18N2. The molecule has 13 heavy (non-hydrogen) atoms. The molecule has 0 aliphatic heterocycles. The molecule has 0 saturated carbocycles. The van der Waals surface area contributed by atoms with Crippen LogP contribution in [0.15, 0.2) is 18.3 Å². The lowest BCUT2D eigenvalue weighted by Crippen LogP contribution is -2.01. The summed E-state index contributed by atoms with van der Waals surface area (Å²) >= 11 is 0. The van der Waals surface area contributed by atoms with Crippen molar-refractivity contribution in [2.45, 2.75) is 33.1 Å². The van der Waals surface area contributed by atoms with Crippen LogP contribution >= 0.6 is 0 Å². The molecule has 0 saturated heterocycles. The first-order valence-electron chi connectivity index (χ1n) is 4.94. The summed E-state index contributed by atoms with van der Waals surface area (Å²) in [5.74, 6) is 0.514. The second-order valence-electron chi connectivity index (χ2n) is 3.55. The number of nitrogens with zero attached hydrogens (tertiary/aromatic N) is 1. The van der Waals surface area contributed by atoms with Crippen LogP contribution in [-0.2, 0) is 0 Å². The minimum absolute atomic E-state index is 0.514. The van der Waals surface area contributed by atoms with E-state index in [1.165, 1.54) is 0 Å². The normalized spacial score (nSPS) is 10.5. The third-order valence-electron chi connectivity index (χ3n) is 1.96. The second-order valence-corrected chi connectivity index (χ2v) is 3.55. The SMILES string of the molecule is CCCNc1ccc(C(C)C)nc1. The lowest BCUT2D eigenvalue weighted by Gasteiger charge is -2.07. The van der Waals surface area contributed by atoms with E-state index in [0.717, 1.165) is 24.3 Å². The summed E-state index contributed by atoms with van der Waals surface area (Å²) in [4.78, 5) is 4.37. The molecule has 0 spiro atoms. The molecular weight excluding hydrogens is 160 g/mol. The van der Waals surface area contributed by atoms with Crippen LogP contribution in [0.2, 0.25) is 0 Å². The first-order chi connectivity index (χ1) is 6.24. The Kier molecular flexibility index (Phi) is 3.74. The number of rotatable bonds is 4. The number of anilines is 1. The Balaban J connectivity index is 2.59. The first kappa shape index (κ1) is 10.0. The Hall–Kier alpha value is -1.05. The third-order valence-corrected chi connectivity index (χ3v) is 1.96. The highest BCUT2D eigenvalue weighted by molar-refractivity contribution is 5.41. The van der Waals surface area contributed by atoms with E-state index in [4.69, 9.17) is 0 Å². The molecule has 72 valence electrons. The number of hydrogen-bond donors (Lipinski definition) is 1. The maximum absolute atomic E-state index is 4.37. The van der Waals surface area contributed by atoms with Crippen LogP contribution in [-0.4, -0.2) is 11.5 Å². The zero-order chi connectivity index (χ0) is 9.68. The maximum atomic E-state index is 4.37. The fraction of sp³-hybridized carbons (Fsp3) is 0.545. The van der Waals surface area contributed by atoms with Gasteiger partial charge in [0.25, 0.3) is 0 Å². The van der Waals surface area contributed by atoms with Crippen molar-refractivity contribution >= 4 is 5.69 Å². The van der Waals surface area contributed by atoms with Gasteiger partial charge < -0.3 is 5.32 Å². The standard InChI is InChI=1S/C11H18N2/c1-4-7-12-10-5-6-11(9(2)3)13-8-10/h5-6,8-9,12H,4,7H2,1-3H3. The zero-order valence-electron chi connectivity index (χ0n) is 8.67. The van der Waals surface area contributed by atoms with Crippen molar-refractivity contribution in [2.75, 3.05) is 11.9 Å². The number of nitrogens with one attached hydrogen (secondary N) is 1. The quantitative estimate of drug-likeness (QED) is 0.766. The highest BCUT2D eigenvalue weighted by Crippen LogP contribution is 2.13. The lowest BCUT2D eigenvalue weighted by molar-refractivity contribution is 0.822. The third kappa shape index (κ3) is 3.05. The van der Waals surface area contributed by atoms with E-state index in [2.05, 4.69) is 43.2 Å². The van der Waals surface area contributed by atoms with Gasteiger partial charge in [-0.1, -0.05) is 20.8 Å². The molecule has 0 aliphatic carbocycles. The Morgan fingerprint density at radius 3 is 2.62 bits per heavy atom. The van der Waals surface area contributed by atoms with E-state index in [1.807, 2.05) is 6.20 Å². The molecule has 0 radical (unpaired) electrons. The van der Waals surface area contributed by atoms with Crippen molar-refractivity contribution in [1.82, 2.24) is 4.98 Å². The molecule has 1 aromatic heterocycles. The van der Waals surface area contributed by atoms with Crippen LogP contribution in [0.25, 0.3) is 0 Å². The average molecular weight is 178 g/mol. The second kappa shape index (κ2) is 4.85. The summed E-state index contributed by atoms with van der Waals surface area (Å²) in [5, 5.41) is 3.30. The minimum atomic E-state index is 0.514. The van der Waals surface area contributed by atoms with Crippen LogP contribution in [0.5, 0.6) is 0 Å². The van der Waals surface area contributed by atoms with Crippen molar-refractivity contribution in [3.8, 4) is 0 Å². The van der Waals surface area contributed by atoms with Crippen LogP contribution in [0.3, 0.4) is 0 Å². The topological polar surface area (TPSA) is 24.9 Å². The number of pyridine rings is 1. The van der Waals surface area contributed by atoms with Gasteiger partial charge in [-0.15, -0.1) is 0 Å². The summed E-state index contributed by atoms with van der Waals surface area (Å²) in [5.41, 5.74) is 2.27. The molecule has 0 fully saturated rings. The van der Waals surface area contributed by atoms with Gasteiger partial charge in [0.05, 0.1) is 11.9 Å². The maximum Gasteiger partial charge on any atom is 0.0526 e. The van der Waals surface area contributed by atoms with Crippen molar-refractivity contribution in [1.29, 1.82) is 0 Å². The molecule has 0 unspecified atom stereocenters. The predicted octanol–water partition coefficient (Wildman–Crippen LogP) is 3.03. The smallest absolute Gasteiger partial charge is 0.0526 e. The summed E-state index contributed by atoms with van der Waals surface area (Å²) in [6.45, 7) is 7.48. The van der Waals surface area contributed by atoms with Crippen LogP contribution in [0.1, 0.15) is 38.8 Å². The van der Waals surface area contributed by atoms with E-state index in [0.29, 0.717) is 5.92 Å². The molecule has 0 atom stereocenters. The van der Waals surface area contributed by atoms with Gasteiger partial charge in [0.15, 0.2) is 0 Å². The Morgan fingerprint density at radius 1 is 1.38 bits per heavy atom. The van der Waals surface area contributed by atoms with Gasteiger partial charge in [0.1, 0.15) is 0 Å². The van der Waals surface area contributed by atoms with E-state index >= 15 is 0 Å². The lowest BCUT2D eigenvalue weighted by atomic mass is 10.1. The molecule has 0 amide bonds. The minimum Gasteiger partial charge on any atom is -0.384 e. The summed E-state index contributed by atoms with van der Waals surface area (Å²) in [6.07, 6.45) is 3.05. The van der Waals surface area contributed by atoms with Crippen LogP contribution in [0, 0.1) is 0 Å². The van der Waals surface area contributed by atoms with Gasteiger partial charge >= 0.3 is 0 Å². The molecule has 1 N–H and O–H groups in total. The molecule has 2 heteroatoms. The van der Waals surface area contributed by atoms with Gasteiger partial charge in [-0.05, 0) is 24.5 Å². The van der Waals surface area contributed by atoms with E-state index < -0.39 is 0 Å². The molecule has 1 rings (SSSR count). The van der Waals surface area contributed by atoms with E-state index in [9.17, 15) is 0 Å². The Morgan fingerprint density at radius 2 is 2.15 bits per heavy atom. The Bertz CT molecular complexity index is 239. The highest BCUT2D eigenvalue weighted by Gasteiger charge is 1.99. The summed E-state index contributed by atoms with van der Waals surface area (Å²) in [7, 11) is 0. The van der Waals surface area contributed by atoms with Gasteiger partial charge in [0, 0.05) is 12.2 Å². The molecule has 0 aliphatic rings. The van der Waals surface area contributed by atoms with Crippen LogP contribution in [0.4, 0.5) is 5.69 Å². The van der Waals surface area contributed by atoms with Gasteiger partial charge in [-0.3, -0.25) is 4.98 Å². The van der Waals surface area contributed by atoms with Crippen molar-refractivity contribution in [3.63, 3.8) is 0 Å². The average Bonchev–Trinajstić information content (AvgIpc) is 2.15. The highest BCUT2D eigenvalue weighted by atomic mass is 14.9. The van der Waals surface area contributed by atoms with E-state index in [1.54, 1.807) is 0 Å². The molecule has 1 heterocycles. The largest absolute Gasteiger partial charge is 0.384 e. The Labute approximate surface area is 80.4 Å². The van der Waals surface area contributed by atoms with Crippen LogP contribution < -0.4 is 5.32 Å². The van der Waals surface area contributed by atoms with E-state index in [-0.39, 0.29) is 0 Å². The molecule has 0 aromatic carbocycles. The summed E-state index contributed by atoms with van der Waals surface area (Å²) in [6, 6.07) is 4.18. The van der Waals surface area contributed by atoms with Crippen molar-refractivity contribution in [3.05, 3.63) is 24.0 Å². The fourth-order valence-corrected chi connectivity index (χ4v) is 1.12.